The Hall–Kier alpha value is -3.62. The summed E-state index contributed by atoms with van der Waals surface area (Å²) in [5.74, 6) is -0.304. The number of hydrogen-bond acceptors (Lipinski definition) is 6. The lowest BCUT2D eigenvalue weighted by atomic mass is 10.1. The minimum Gasteiger partial charge on any atom is -0.273 e. The van der Waals surface area contributed by atoms with Crippen LogP contribution in [0.4, 0.5) is 11.4 Å². The van der Waals surface area contributed by atoms with E-state index in [4.69, 9.17) is 0 Å². The summed E-state index contributed by atoms with van der Waals surface area (Å²) in [6.45, 7) is 0. The lowest BCUT2D eigenvalue weighted by molar-refractivity contribution is -0.422. The van der Waals surface area contributed by atoms with Crippen LogP contribution < -0.4 is 0 Å². The number of nitro benzene ring substituents is 2. The number of carbonyl (C=O) groups excluding carboxylic acids is 1. The molecule has 1 heterocycles. The van der Waals surface area contributed by atoms with Crippen molar-refractivity contribution in [2.24, 2.45) is 0 Å². The average Bonchev–Trinajstić information content (AvgIpc) is 3.05. The molecule has 0 spiro atoms. The number of hydrogen-bond donors (Lipinski definition) is 0. The second-order valence-electron chi connectivity index (χ2n) is 4.29. The van der Waals surface area contributed by atoms with E-state index in [9.17, 15) is 25.0 Å². The van der Waals surface area contributed by atoms with Gasteiger partial charge in [0.15, 0.2) is 0 Å². The molecule has 9 heteroatoms. The van der Waals surface area contributed by atoms with Crippen LogP contribution in [0.25, 0.3) is 6.08 Å². The summed E-state index contributed by atoms with van der Waals surface area (Å²) < 4.78 is 1.28. The molecule has 0 saturated heterocycles. The van der Waals surface area contributed by atoms with Crippen LogP contribution in [0.15, 0.2) is 55.1 Å². The van der Waals surface area contributed by atoms with Gasteiger partial charge in [0.1, 0.15) is 6.33 Å². The molecule has 2 aromatic rings. The fraction of sp³-hybridized carbons (Fsp3) is 0. The Morgan fingerprint density at radius 1 is 1.13 bits per heavy atom. The van der Waals surface area contributed by atoms with Crippen molar-refractivity contribution in [2.75, 3.05) is 0 Å². The highest BCUT2D eigenvalue weighted by atomic mass is 16.6. The van der Waals surface area contributed by atoms with E-state index in [2.05, 4.69) is 4.98 Å². The topological polar surface area (TPSA) is 121 Å². The number of allylic oxidation sites excluding steroid dienone is 3. The van der Waals surface area contributed by atoms with Crippen molar-refractivity contribution in [2.45, 2.75) is 0 Å². The number of nitrogens with zero attached hydrogens (tertiary/aromatic N) is 4. The van der Waals surface area contributed by atoms with Crippen LogP contribution in [-0.4, -0.2) is 25.3 Å². The Bertz CT molecular complexity index is 809. The van der Waals surface area contributed by atoms with E-state index >= 15 is 0 Å². The highest BCUT2D eigenvalue weighted by Gasteiger charge is 2.23. The SMILES string of the molecule is O=C(/C=C/C=C/c1ccc([N+](=O)[O-])c([N+](=O)[O-])c1)n1ccnc1. The van der Waals surface area contributed by atoms with Gasteiger partial charge in [-0.3, -0.25) is 29.6 Å². The number of aromatic nitrogens is 2. The molecular formula is C14H10N4O5. The molecule has 0 aliphatic heterocycles. The van der Waals surface area contributed by atoms with Crippen LogP contribution in [0, 0.1) is 20.2 Å². The Kier molecular flexibility index (Phi) is 4.72. The fourth-order valence-electron chi connectivity index (χ4n) is 1.72. The van der Waals surface area contributed by atoms with E-state index in [0.29, 0.717) is 5.56 Å². The van der Waals surface area contributed by atoms with E-state index in [1.54, 1.807) is 0 Å². The van der Waals surface area contributed by atoms with Gasteiger partial charge < -0.3 is 0 Å². The van der Waals surface area contributed by atoms with Crippen molar-refractivity contribution < 1.29 is 14.6 Å². The van der Waals surface area contributed by atoms with E-state index in [0.717, 1.165) is 12.1 Å². The van der Waals surface area contributed by atoms with Gasteiger partial charge in [-0.05, 0) is 11.6 Å². The third-order valence-corrected chi connectivity index (χ3v) is 2.79. The first-order valence-corrected chi connectivity index (χ1v) is 6.29. The van der Waals surface area contributed by atoms with Crippen LogP contribution in [0.2, 0.25) is 0 Å². The number of nitro groups is 2. The Labute approximate surface area is 129 Å². The predicted molar refractivity (Wildman–Crippen MR) is 80.8 cm³/mol. The molecule has 116 valence electrons. The van der Waals surface area contributed by atoms with Crippen LogP contribution in [0.5, 0.6) is 0 Å². The maximum atomic E-state index is 11.6. The van der Waals surface area contributed by atoms with Crippen LogP contribution in [-0.2, 0) is 0 Å². The van der Waals surface area contributed by atoms with Crippen LogP contribution in [0.1, 0.15) is 10.4 Å². The second-order valence-corrected chi connectivity index (χ2v) is 4.29. The second kappa shape index (κ2) is 6.89. The largest absolute Gasteiger partial charge is 0.346 e. The average molecular weight is 314 g/mol. The van der Waals surface area contributed by atoms with E-state index in [1.165, 1.54) is 53.7 Å². The minimum atomic E-state index is -0.812. The molecule has 9 nitrogen and oxygen atoms in total. The Balaban J connectivity index is 2.14. The van der Waals surface area contributed by atoms with Gasteiger partial charge in [0.2, 0.25) is 0 Å². The van der Waals surface area contributed by atoms with Gasteiger partial charge in [-0.15, -0.1) is 0 Å². The number of carbonyl (C=O) groups is 1. The lowest BCUT2D eigenvalue weighted by Gasteiger charge is -1.96. The zero-order chi connectivity index (χ0) is 16.8. The van der Waals surface area contributed by atoms with Crippen LogP contribution >= 0.6 is 0 Å². The van der Waals surface area contributed by atoms with Gasteiger partial charge in [0.25, 0.3) is 5.91 Å². The first-order valence-electron chi connectivity index (χ1n) is 6.29. The smallest absolute Gasteiger partial charge is 0.273 e. The van der Waals surface area contributed by atoms with Crippen LogP contribution in [0.3, 0.4) is 0 Å². The monoisotopic (exact) mass is 314 g/mol. The molecule has 2 rings (SSSR count). The summed E-state index contributed by atoms with van der Waals surface area (Å²) in [6.07, 6.45) is 10.1. The third kappa shape index (κ3) is 3.94. The third-order valence-electron chi connectivity index (χ3n) is 2.79. The molecule has 0 unspecified atom stereocenters. The van der Waals surface area contributed by atoms with Gasteiger partial charge in [-0.2, -0.15) is 0 Å². The first kappa shape index (κ1) is 15.8. The molecule has 0 N–H and O–H groups in total. The summed E-state index contributed by atoms with van der Waals surface area (Å²) in [6, 6.07) is 3.55. The molecule has 1 aromatic heterocycles. The number of benzene rings is 1. The highest BCUT2D eigenvalue weighted by molar-refractivity contribution is 5.90. The van der Waals surface area contributed by atoms with Gasteiger partial charge in [-0.1, -0.05) is 18.2 Å². The summed E-state index contributed by atoms with van der Waals surface area (Å²) in [4.78, 5) is 35.3. The van der Waals surface area contributed by atoms with Crippen molar-refractivity contribution in [3.63, 3.8) is 0 Å². The number of rotatable bonds is 5. The quantitative estimate of drug-likeness (QED) is 0.362. The Morgan fingerprint density at radius 2 is 1.87 bits per heavy atom. The summed E-state index contributed by atoms with van der Waals surface area (Å²) in [7, 11) is 0. The van der Waals surface area contributed by atoms with Crippen molar-refractivity contribution in [1.82, 2.24) is 9.55 Å². The minimum absolute atomic E-state index is 0.304. The van der Waals surface area contributed by atoms with Crippen molar-refractivity contribution in [3.8, 4) is 0 Å². The molecule has 0 atom stereocenters. The maximum Gasteiger partial charge on any atom is 0.346 e. The first-order chi connectivity index (χ1) is 11.0. The fourth-order valence-corrected chi connectivity index (χ4v) is 1.72. The molecule has 0 saturated carbocycles. The molecule has 1 aromatic carbocycles. The number of imidazole rings is 1. The normalized spacial score (nSPS) is 11.1. The zero-order valence-electron chi connectivity index (χ0n) is 11.6. The van der Waals surface area contributed by atoms with Gasteiger partial charge in [0, 0.05) is 30.6 Å². The maximum absolute atomic E-state index is 11.6. The Morgan fingerprint density at radius 3 is 2.48 bits per heavy atom. The van der Waals surface area contributed by atoms with Crippen molar-refractivity contribution in [3.05, 3.63) is 80.9 Å². The molecular weight excluding hydrogens is 304 g/mol. The molecule has 0 radical (unpaired) electrons. The molecule has 0 amide bonds. The summed E-state index contributed by atoms with van der Waals surface area (Å²) in [5, 5.41) is 21.6. The molecule has 0 fully saturated rings. The van der Waals surface area contributed by atoms with E-state index in [1.807, 2.05) is 0 Å². The van der Waals surface area contributed by atoms with Gasteiger partial charge in [0.05, 0.1) is 9.85 Å². The predicted octanol–water partition coefficient (Wildman–Crippen LogP) is 2.61. The van der Waals surface area contributed by atoms with E-state index < -0.39 is 21.2 Å². The summed E-state index contributed by atoms with van der Waals surface area (Å²) in [5.41, 5.74) is -0.754. The molecule has 0 aliphatic carbocycles. The van der Waals surface area contributed by atoms with Crippen molar-refractivity contribution in [1.29, 1.82) is 0 Å². The molecule has 0 bridgehead atoms. The van der Waals surface area contributed by atoms with Gasteiger partial charge >= 0.3 is 11.4 Å². The zero-order valence-corrected chi connectivity index (χ0v) is 11.6. The summed E-state index contributed by atoms with van der Waals surface area (Å²) >= 11 is 0. The lowest BCUT2D eigenvalue weighted by Crippen LogP contribution is -2.03. The molecule has 23 heavy (non-hydrogen) atoms. The molecule has 0 aliphatic rings. The van der Waals surface area contributed by atoms with E-state index in [-0.39, 0.29) is 5.91 Å². The van der Waals surface area contributed by atoms with Gasteiger partial charge in [-0.25, -0.2) is 4.98 Å². The highest BCUT2D eigenvalue weighted by Crippen LogP contribution is 2.27. The standard InChI is InChI=1S/C14H10N4O5/c19-14(16-8-7-15-10-16)4-2-1-3-11-5-6-12(17(20)21)13(9-11)18(22)23/h1-10H/b3-1+,4-2+. The van der Waals surface area contributed by atoms with Crippen molar-refractivity contribution >= 4 is 23.4 Å².